The summed E-state index contributed by atoms with van der Waals surface area (Å²) >= 11 is 0. The molecule has 2 amide bonds. The Bertz CT molecular complexity index is 481. The molecule has 0 atom stereocenters. The molecule has 0 radical (unpaired) electrons. The van der Waals surface area contributed by atoms with E-state index in [4.69, 9.17) is 0 Å². The van der Waals surface area contributed by atoms with Crippen LogP contribution in [0, 0.1) is 0 Å². The Morgan fingerprint density at radius 1 is 1.22 bits per heavy atom. The van der Waals surface area contributed by atoms with E-state index in [2.05, 4.69) is 20.3 Å². The van der Waals surface area contributed by atoms with Crippen molar-refractivity contribution >= 4 is 17.7 Å². The lowest BCUT2D eigenvalue weighted by molar-refractivity contribution is -0.134. The van der Waals surface area contributed by atoms with Gasteiger partial charge in [0.25, 0.3) is 0 Å². The van der Waals surface area contributed by atoms with Crippen molar-refractivity contribution in [1.29, 1.82) is 0 Å². The zero-order valence-corrected chi connectivity index (χ0v) is 10.1. The van der Waals surface area contributed by atoms with Crippen LogP contribution < -0.4 is 5.32 Å². The third kappa shape index (κ3) is 5.02. The van der Waals surface area contributed by atoms with Crippen molar-refractivity contribution in [2.24, 2.45) is 10.2 Å². The molecule has 0 aliphatic heterocycles. The average molecular weight is 247 g/mol. The molecular weight excluding hydrogens is 234 g/mol. The molecule has 0 heterocycles. The summed E-state index contributed by atoms with van der Waals surface area (Å²) in [5.74, 6) is -0.546. The first kappa shape index (κ1) is 13.6. The summed E-state index contributed by atoms with van der Waals surface area (Å²) in [6, 6.07) is 8.25. The SMILES string of the molecule is COC(=O)C=C(C)N=NC(=O)Nc1ccccc1. The molecule has 0 fully saturated rings. The highest BCUT2D eigenvalue weighted by molar-refractivity contribution is 5.89. The number of azo groups is 1. The van der Waals surface area contributed by atoms with Crippen LogP contribution in [0.3, 0.4) is 0 Å². The van der Waals surface area contributed by atoms with Gasteiger partial charge < -0.3 is 10.1 Å². The third-order valence-electron chi connectivity index (χ3n) is 1.85. The van der Waals surface area contributed by atoms with Gasteiger partial charge in [-0.2, -0.15) is 5.11 Å². The fraction of sp³-hybridized carbons (Fsp3) is 0.167. The summed E-state index contributed by atoms with van der Waals surface area (Å²) in [4.78, 5) is 22.2. The number of allylic oxidation sites excluding steroid dienone is 1. The second kappa shape index (κ2) is 6.95. The zero-order valence-electron chi connectivity index (χ0n) is 10.1. The Kier molecular flexibility index (Phi) is 5.24. The number of amides is 2. The number of methoxy groups -OCH3 is 1. The van der Waals surface area contributed by atoms with Crippen LogP contribution in [0.2, 0.25) is 0 Å². The van der Waals surface area contributed by atoms with Crippen molar-refractivity contribution in [3.8, 4) is 0 Å². The molecular formula is C12H13N3O3. The van der Waals surface area contributed by atoms with E-state index in [1.54, 1.807) is 24.3 Å². The number of anilines is 1. The van der Waals surface area contributed by atoms with Crippen molar-refractivity contribution in [2.75, 3.05) is 12.4 Å². The van der Waals surface area contributed by atoms with Gasteiger partial charge in [-0.1, -0.05) is 23.3 Å². The molecule has 6 nitrogen and oxygen atoms in total. The standard InChI is InChI=1S/C12H13N3O3/c1-9(8-11(16)18-2)14-15-12(17)13-10-6-4-3-5-7-10/h3-8H,1-2H3,(H,13,17). The summed E-state index contributed by atoms with van der Waals surface area (Å²) in [7, 11) is 1.26. The summed E-state index contributed by atoms with van der Waals surface area (Å²) < 4.78 is 4.41. The van der Waals surface area contributed by atoms with E-state index in [9.17, 15) is 9.59 Å². The number of hydrogen-bond donors (Lipinski definition) is 1. The number of nitrogens with one attached hydrogen (secondary N) is 1. The molecule has 1 aromatic rings. The van der Waals surface area contributed by atoms with E-state index in [1.165, 1.54) is 14.0 Å². The molecule has 6 heteroatoms. The molecule has 1 N–H and O–H groups in total. The number of urea groups is 1. The molecule has 0 aliphatic rings. The van der Waals surface area contributed by atoms with Crippen LogP contribution >= 0.6 is 0 Å². The van der Waals surface area contributed by atoms with E-state index < -0.39 is 12.0 Å². The lowest BCUT2D eigenvalue weighted by atomic mass is 10.3. The van der Waals surface area contributed by atoms with Gasteiger partial charge in [0.2, 0.25) is 0 Å². The van der Waals surface area contributed by atoms with Crippen LogP contribution in [0.15, 0.2) is 52.3 Å². The number of carbonyl (C=O) groups excluding carboxylic acids is 2. The van der Waals surface area contributed by atoms with Gasteiger partial charge >= 0.3 is 12.0 Å². The normalized spacial score (nSPS) is 11.3. The summed E-state index contributed by atoms with van der Waals surface area (Å²) in [6.45, 7) is 1.54. The Morgan fingerprint density at radius 2 is 1.89 bits per heavy atom. The molecule has 0 saturated carbocycles. The molecule has 0 unspecified atom stereocenters. The molecule has 0 spiro atoms. The Labute approximate surface area is 104 Å². The highest BCUT2D eigenvalue weighted by Crippen LogP contribution is 2.06. The van der Waals surface area contributed by atoms with Gasteiger partial charge in [0, 0.05) is 11.8 Å². The van der Waals surface area contributed by atoms with Gasteiger partial charge in [0.05, 0.1) is 12.8 Å². The first-order valence-electron chi connectivity index (χ1n) is 5.16. The van der Waals surface area contributed by atoms with E-state index in [1.807, 2.05) is 6.07 Å². The zero-order chi connectivity index (χ0) is 13.4. The molecule has 0 bridgehead atoms. The lowest BCUT2D eigenvalue weighted by Gasteiger charge is -1.98. The van der Waals surface area contributed by atoms with E-state index in [-0.39, 0.29) is 5.70 Å². The number of ether oxygens (including phenoxy) is 1. The first-order chi connectivity index (χ1) is 8.61. The minimum atomic E-state index is -0.612. The number of carbonyl (C=O) groups is 2. The fourth-order valence-electron chi connectivity index (χ4n) is 1.05. The minimum absolute atomic E-state index is 0.282. The number of benzene rings is 1. The largest absolute Gasteiger partial charge is 0.466 e. The van der Waals surface area contributed by atoms with Crippen LogP contribution in [0.25, 0.3) is 0 Å². The van der Waals surface area contributed by atoms with Gasteiger partial charge in [0.15, 0.2) is 0 Å². The van der Waals surface area contributed by atoms with E-state index >= 15 is 0 Å². The Morgan fingerprint density at radius 3 is 2.50 bits per heavy atom. The van der Waals surface area contributed by atoms with Gasteiger partial charge in [0.1, 0.15) is 0 Å². The van der Waals surface area contributed by atoms with E-state index in [0.717, 1.165) is 6.08 Å². The predicted molar refractivity (Wildman–Crippen MR) is 66.1 cm³/mol. The summed E-state index contributed by atoms with van der Waals surface area (Å²) in [5, 5.41) is 9.51. The Balaban J connectivity index is 2.55. The molecule has 0 aliphatic carbocycles. The molecule has 0 saturated heterocycles. The Hall–Kier alpha value is -2.50. The highest BCUT2D eigenvalue weighted by Gasteiger charge is 1.99. The monoisotopic (exact) mass is 247 g/mol. The van der Waals surface area contributed by atoms with E-state index in [0.29, 0.717) is 5.69 Å². The number of para-hydroxylation sites is 1. The number of esters is 1. The van der Waals surface area contributed by atoms with Crippen molar-refractivity contribution in [3.05, 3.63) is 42.1 Å². The second-order valence-electron chi connectivity index (χ2n) is 3.31. The molecule has 94 valence electrons. The number of hydrogen-bond acceptors (Lipinski definition) is 4. The van der Waals surface area contributed by atoms with Crippen LogP contribution in [-0.4, -0.2) is 19.1 Å². The summed E-state index contributed by atoms with van der Waals surface area (Å²) in [6.07, 6.45) is 1.14. The minimum Gasteiger partial charge on any atom is -0.466 e. The predicted octanol–water partition coefficient (Wildman–Crippen LogP) is 2.75. The van der Waals surface area contributed by atoms with Crippen LogP contribution in [0.4, 0.5) is 10.5 Å². The molecule has 1 rings (SSSR count). The van der Waals surface area contributed by atoms with Crippen molar-refractivity contribution in [1.82, 2.24) is 0 Å². The fourth-order valence-corrected chi connectivity index (χ4v) is 1.05. The second-order valence-corrected chi connectivity index (χ2v) is 3.31. The van der Waals surface area contributed by atoms with Crippen LogP contribution in [0.5, 0.6) is 0 Å². The molecule has 18 heavy (non-hydrogen) atoms. The topological polar surface area (TPSA) is 80.1 Å². The first-order valence-corrected chi connectivity index (χ1v) is 5.16. The molecule has 1 aromatic carbocycles. The third-order valence-corrected chi connectivity index (χ3v) is 1.85. The summed E-state index contributed by atoms with van der Waals surface area (Å²) in [5.41, 5.74) is 0.904. The smallest absolute Gasteiger partial charge is 0.364 e. The van der Waals surface area contributed by atoms with Gasteiger partial charge in [-0.05, 0) is 19.1 Å². The lowest BCUT2D eigenvalue weighted by Crippen LogP contribution is -2.05. The maximum Gasteiger partial charge on any atom is 0.364 e. The quantitative estimate of drug-likeness (QED) is 0.506. The highest BCUT2D eigenvalue weighted by atomic mass is 16.5. The van der Waals surface area contributed by atoms with Crippen molar-refractivity contribution in [2.45, 2.75) is 6.92 Å². The number of nitrogens with zero attached hydrogens (tertiary/aromatic N) is 2. The van der Waals surface area contributed by atoms with Gasteiger partial charge in [-0.15, -0.1) is 0 Å². The maximum atomic E-state index is 11.4. The van der Waals surface area contributed by atoms with Crippen LogP contribution in [0.1, 0.15) is 6.92 Å². The van der Waals surface area contributed by atoms with Crippen molar-refractivity contribution < 1.29 is 14.3 Å². The van der Waals surface area contributed by atoms with Crippen molar-refractivity contribution in [3.63, 3.8) is 0 Å². The average Bonchev–Trinajstić information content (AvgIpc) is 2.37. The molecule has 0 aromatic heterocycles. The van der Waals surface area contributed by atoms with Crippen LogP contribution in [-0.2, 0) is 9.53 Å². The number of rotatable bonds is 3. The van der Waals surface area contributed by atoms with Gasteiger partial charge in [-0.25, -0.2) is 9.59 Å². The maximum absolute atomic E-state index is 11.4. The van der Waals surface area contributed by atoms with Gasteiger partial charge in [-0.3, -0.25) is 0 Å².